The van der Waals surface area contributed by atoms with Gasteiger partial charge in [0.25, 0.3) is 0 Å². The van der Waals surface area contributed by atoms with Crippen molar-refractivity contribution in [1.29, 1.82) is 0 Å². The van der Waals surface area contributed by atoms with Crippen LogP contribution in [0.3, 0.4) is 0 Å². The van der Waals surface area contributed by atoms with Crippen molar-refractivity contribution in [1.82, 2.24) is 0 Å². The predicted octanol–water partition coefficient (Wildman–Crippen LogP) is 2.45. The zero-order chi connectivity index (χ0) is 11.0. The predicted molar refractivity (Wildman–Crippen MR) is 57.0 cm³/mol. The summed E-state index contributed by atoms with van der Waals surface area (Å²) in [6, 6.07) is 5.63. The summed E-state index contributed by atoms with van der Waals surface area (Å²) in [7, 11) is 0. The maximum Gasteiger partial charge on any atom is 0.234 e. The number of amides is 2. The first-order valence-electron chi connectivity index (χ1n) is 4.32. The number of nitrogens with zero attached hydrogens (tertiary/aromatic N) is 1. The van der Waals surface area contributed by atoms with E-state index in [1.165, 1.54) is 12.1 Å². The van der Waals surface area contributed by atoms with Crippen molar-refractivity contribution >= 4 is 40.7 Å². The molecule has 0 bridgehead atoms. The lowest BCUT2D eigenvalue weighted by molar-refractivity contribution is -0.121. The highest BCUT2D eigenvalue weighted by atomic mass is 35.5. The van der Waals surface area contributed by atoms with Gasteiger partial charge in [-0.3, -0.25) is 14.5 Å². The fraction of sp³-hybridized carbons (Fsp3) is 0.200. The molecule has 0 aliphatic carbocycles. The molecule has 1 fully saturated rings. The number of carbonyl (C=O) groups excluding carboxylic acids is 2. The van der Waals surface area contributed by atoms with Gasteiger partial charge in [-0.05, 0) is 12.1 Å². The standard InChI is InChI=1S/C10H6Cl2NO2/c11-6-3-7(12)5-8(4-6)13-9(14)1-2-10(13)15/h4-5H,1-2H2. The summed E-state index contributed by atoms with van der Waals surface area (Å²) >= 11 is 11.5. The van der Waals surface area contributed by atoms with Gasteiger partial charge in [0.2, 0.25) is 11.8 Å². The first-order valence-corrected chi connectivity index (χ1v) is 5.07. The average Bonchev–Trinajstić information content (AvgIpc) is 2.44. The van der Waals surface area contributed by atoms with E-state index in [9.17, 15) is 9.59 Å². The molecule has 1 aromatic carbocycles. The van der Waals surface area contributed by atoms with Crippen LogP contribution in [-0.4, -0.2) is 11.8 Å². The number of anilines is 1. The Kier molecular flexibility index (Phi) is 2.67. The Morgan fingerprint density at radius 1 is 1.07 bits per heavy atom. The third-order valence-electron chi connectivity index (χ3n) is 2.10. The molecule has 1 heterocycles. The van der Waals surface area contributed by atoms with E-state index in [2.05, 4.69) is 6.07 Å². The second-order valence-corrected chi connectivity index (χ2v) is 3.97. The Labute approximate surface area is 96.6 Å². The number of imide groups is 1. The molecule has 0 N–H and O–H groups in total. The van der Waals surface area contributed by atoms with E-state index in [-0.39, 0.29) is 34.7 Å². The van der Waals surface area contributed by atoms with Crippen molar-refractivity contribution in [2.24, 2.45) is 0 Å². The largest absolute Gasteiger partial charge is 0.274 e. The van der Waals surface area contributed by atoms with Crippen LogP contribution in [0.25, 0.3) is 0 Å². The van der Waals surface area contributed by atoms with Crippen molar-refractivity contribution in [2.45, 2.75) is 12.8 Å². The van der Waals surface area contributed by atoms with Crippen LogP contribution in [0.1, 0.15) is 12.8 Å². The molecule has 0 spiro atoms. The molecular weight excluding hydrogens is 237 g/mol. The molecule has 77 valence electrons. The van der Waals surface area contributed by atoms with Crippen molar-refractivity contribution in [3.8, 4) is 0 Å². The second kappa shape index (κ2) is 3.83. The van der Waals surface area contributed by atoms with Crippen LogP contribution in [0, 0.1) is 6.07 Å². The topological polar surface area (TPSA) is 37.4 Å². The molecule has 5 heteroatoms. The minimum Gasteiger partial charge on any atom is -0.274 e. The summed E-state index contributed by atoms with van der Waals surface area (Å²) in [5, 5.41) is 0.565. The number of hydrogen-bond donors (Lipinski definition) is 0. The third-order valence-corrected chi connectivity index (χ3v) is 2.50. The second-order valence-electron chi connectivity index (χ2n) is 3.16. The molecule has 0 atom stereocenters. The van der Waals surface area contributed by atoms with Crippen molar-refractivity contribution in [3.05, 3.63) is 28.2 Å². The molecule has 0 unspecified atom stereocenters. The fourth-order valence-electron chi connectivity index (χ4n) is 1.48. The SMILES string of the molecule is O=C1CCC(=O)N1c1cc(Cl)[c]c(Cl)c1. The highest BCUT2D eigenvalue weighted by Crippen LogP contribution is 2.28. The molecule has 15 heavy (non-hydrogen) atoms. The summed E-state index contributed by atoms with van der Waals surface area (Å²) in [4.78, 5) is 23.9. The molecule has 1 saturated heterocycles. The van der Waals surface area contributed by atoms with Gasteiger partial charge in [0.05, 0.1) is 15.7 Å². The molecule has 1 aliphatic heterocycles. The smallest absolute Gasteiger partial charge is 0.234 e. The van der Waals surface area contributed by atoms with E-state index < -0.39 is 0 Å². The van der Waals surface area contributed by atoms with Gasteiger partial charge in [0.15, 0.2) is 0 Å². The van der Waals surface area contributed by atoms with E-state index in [1.54, 1.807) is 0 Å². The monoisotopic (exact) mass is 242 g/mol. The molecular formula is C10H6Cl2NO2. The van der Waals surface area contributed by atoms with Crippen LogP contribution in [-0.2, 0) is 9.59 Å². The Hall–Kier alpha value is -1.06. The van der Waals surface area contributed by atoms with Gasteiger partial charge in [-0.2, -0.15) is 0 Å². The van der Waals surface area contributed by atoms with Gasteiger partial charge in [-0.1, -0.05) is 23.2 Å². The molecule has 0 aromatic heterocycles. The lowest BCUT2D eigenvalue weighted by atomic mass is 10.3. The quantitative estimate of drug-likeness (QED) is 0.710. The molecule has 1 aliphatic rings. The molecule has 1 radical (unpaired) electrons. The van der Waals surface area contributed by atoms with E-state index in [1.807, 2.05) is 0 Å². The van der Waals surface area contributed by atoms with Crippen LogP contribution < -0.4 is 4.90 Å². The summed E-state index contributed by atoms with van der Waals surface area (Å²) < 4.78 is 0. The van der Waals surface area contributed by atoms with Crippen LogP contribution in [0.2, 0.25) is 10.0 Å². The van der Waals surface area contributed by atoms with Gasteiger partial charge in [-0.15, -0.1) is 0 Å². The minimum absolute atomic E-state index is 0.224. The van der Waals surface area contributed by atoms with Gasteiger partial charge >= 0.3 is 0 Å². The van der Waals surface area contributed by atoms with Crippen molar-refractivity contribution in [2.75, 3.05) is 4.90 Å². The third kappa shape index (κ3) is 1.98. The van der Waals surface area contributed by atoms with Crippen LogP contribution in [0.5, 0.6) is 0 Å². The Balaban J connectivity index is 2.44. The van der Waals surface area contributed by atoms with Gasteiger partial charge in [0.1, 0.15) is 0 Å². The van der Waals surface area contributed by atoms with Gasteiger partial charge < -0.3 is 0 Å². The number of rotatable bonds is 1. The zero-order valence-corrected chi connectivity index (χ0v) is 9.10. The van der Waals surface area contributed by atoms with E-state index in [0.717, 1.165) is 4.90 Å². The lowest BCUT2D eigenvalue weighted by Gasteiger charge is -2.14. The normalized spacial score (nSPS) is 16.3. The average molecular weight is 243 g/mol. The first-order chi connectivity index (χ1) is 7.08. The molecule has 0 saturated carbocycles. The van der Waals surface area contributed by atoms with Gasteiger partial charge in [-0.25, -0.2) is 0 Å². The highest BCUT2D eigenvalue weighted by molar-refractivity contribution is 6.35. The lowest BCUT2D eigenvalue weighted by Crippen LogP contribution is -2.28. The molecule has 2 amide bonds. The summed E-state index contributed by atoms with van der Waals surface area (Å²) in [5.74, 6) is -0.448. The maximum atomic E-state index is 11.4. The zero-order valence-electron chi connectivity index (χ0n) is 7.59. The molecule has 1 aromatic rings. The van der Waals surface area contributed by atoms with E-state index in [0.29, 0.717) is 5.69 Å². The first kappa shape index (κ1) is 10.5. The maximum absolute atomic E-state index is 11.4. The Bertz CT molecular complexity index is 409. The number of halogens is 2. The van der Waals surface area contributed by atoms with Crippen molar-refractivity contribution in [3.63, 3.8) is 0 Å². The number of benzene rings is 1. The van der Waals surface area contributed by atoms with E-state index in [4.69, 9.17) is 23.2 Å². The van der Waals surface area contributed by atoms with Crippen molar-refractivity contribution < 1.29 is 9.59 Å². The highest BCUT2D eigenvalue weighted by Gasteiger charge is 2.30. The Morgan fingerprint density at radius 3 is 2.00 bits per heavy atom. The van der Waals surface area contributed by atoms with Crippen LogP contribution >= 0.6 is 23.2 Å². The van der Waals surface area contributed by atoms with Crippen LogP contribution in [0.15, 0.2) is 12.1 Å². The van der Waals surface area contributed by atoms with Crippen LogP contribution in [0.4, 0.5) is 5.69 Å². The van der Waals surface area contributed by atoms with E-state index >= 15 is 0 Å². The number of carbonyl (C=O) groups is 2. The summed E-state index contributed by atoms with van der Waals surface area (Å²) in [5.41, 5.74) is 0.413. The van der Waals surface area contributed by atoms with Gasteiger partial charge in [0, 0.05) is 18.9 Å². The fourth-order valence-corrected chi connectivity index (χ4v) is 1.96. The summed E-state index contributed by atoms with van der Waals surface area (Å²) in [6.07, 6.45) is 0.485. The Morgan fingerprint density at radius 2 is 1.53 bits per heavy atom. The summed E-state index contributed by atoms with van der Waals surface area (Å²) in [6.45, 7) is 0. The molecule has 2 rings (SSSR count). The molecule has 3 nitrogen and oxygen atoms in total. The number of hydrogen-bond acceptors (Lipinski definition) is 2. The minimum atomic E-state index is -0.224.